The Morgan fingerprint density at radius 2 is 1.59 bits per heavy atom. The van der Waals surface area contributed by atoms with E-state index in [4.69, 9.17) is 0 Å². The lowest BCUT2D eigenvalue weighted by Crippen LogP contribution is -2.51. The number of sulfonamides is 1. The van der Waals surface area contributed by atoms with Gasteiger partial charge in [-0.2, -0.15) is 4.31 Å². The minimum absolute atomic E-state index is 0.00165. The van der Waals surface area contributed by atoms with Crippen LogP contribution in [0.3, 0.4) is 0 Å². The molecule has 0 fully saturated rings. The molecule has 3 rings (SSSR count). The summed E-state index contributed by atoms with van der Waals surface area (Å²) in [6.07, 6.45) is 0.895. The molecule has 0 bridgehead atoms. The normalized spacial score (nSPS) is 13.4. The predicted octanol–water partition coefficient (Wildman–Crippen LogP) is 3.80. The summed E-state index contributed by atoms with van der Waals surface area (Å²) in [4.78, 5) is 14.0. The lowest BCUT2D eigenvalue weighted by Gasteiger charge is -2.31. The van der Waals surface area contributed by atoms with E-state index in [1.807, 2.05) is 50.4 Å². The van der Waals surface area contributed by atoms with Gasteiger partial charge in [0.15, 0.2) is 11.5 Å². The third-order valence-corrected chi connectivity index (χ3v) is 8.76. The van der Waals surface area contributed by atoms with Crippen molar-refractivity contribution in [2.75, 3.05) is 19.3 Å². The first-order chi connectivity index (χ1) is 18.5. The lowest BCUT2D eigenvalue weighted by atomic mass is 10.00. The van der Waals surface area contributed by atoms with Gasteiger partial charge < -0.3 is 20.6 Å². The van der Waals surface area contributed by atoms with Crippen molar-refractivity contribution in [3.8, 4) is 11.5 Å². The molecule has 2 atom stereocenters. The number of aromatic hydroxyl groups is 2. The van der Waals surface area contributed by atoms with Gasteiger partial charge in [-0.15, -0.1) is 11.8 Å². The third-order valence-electron chi connectivity index (χ3n) is 6.17. The van der Waals surface area contributed by atoms with Crippen LogP contribution in [0.2, 0.25) is 0 Å². The van der Waals surface area contributed by atoms with Crippen molar-refractivity contribution in [3.63, 3.8) is 0 Å². The van der Waals surface area contributed by atoms with Gasteiger partial charge in [0.2, 0.25) is 15.9 Å². The second kappa shape index (κ2) is 13.8. The molecular formula is C29H36N2O6S2. The number of nitrogens with zero attached hydrogens (tertiary/aromatic N) is 1. The van der Waals surface area contributed by atoms with E-state index in [9.17, 15) is 28.5 Å². The summed E-state index contributed by atoms with van der Waals surface area (Å²) in [7, 11) is -3.91. The molecule has 3 aromatic carbocycles. The summed E-state index contributed by atoms with van der Waals surface area (Å²) >= 11 is 1.52. The number of aliphatic hydroxyl groups excluding tert-OH is 1. The zero-order valence-corrected chi connectivity index (χ0v) is 24.0. The zero-order valence-electron chi connectivity index (χ0n) is 22.3. The second-order valence-corrected chi connectivity index (χ2v) is 12.6. The predicted molar refractivity (Wildman–Crippen MR) is 153 cm³/mol. The SMILES string of the molecule is CSc1ccc(S(=O)(=O)N(CC(C)C)C[C@@H](O)[C@H](Cc2ccccc2)NC(=O)Cc2ccc(O)c(O)c2)cc1. The number of aliphatic hydroxyl groups is 1. The minimum Gasteiger partial charge on any atom is -0.504 e. The molecular weight excluding hydrogens is 536 g/mol. The molecule has 4 N–H and O–H groups in total. The summed E-state index contributed by atoms with van der Waals surface area (Å²) in [6.45, 7) is 3.80. The van der Waals surface area contributed by atoms with E-state index >= 15 is 0 Å². The number of hydrogen-bond donors (Lipinski definition) is 4. The molecule has 39 heavy (non-hydrogen) atoms. The van der Waals surface area contributed by atoms with E-state index in [1.165, 1.54) is 34.3 Å². The molecule has 0 unspecified atom stereocenters. The van der Waals surface area contributed by atoms with Gasteiger partial charge in [-0.05, 0) is 66.1 Å². The molecule has 0 heterocycles. The van der Waals surface area contributed by atoms with Gasteiger partial charge in [-0.25, -0.2) is 8.42 Å². The van der Waals surface area contributed by atoms with E-state index in [2.05, 4.69) is 5.32 Å². The third kappa shape index (κ3) is 8.72. The van der Waals surface area contributed by atoms with Crippen molar-refractivity contribution in [1.29, 1.82) is 0 Å². The monoisotopic (exact) mass is 572 g/mol. The Labute approximate surface area is 234 Å². The average Bonchev–Trinajstić information content (AvgIpc) is 2.90. The summed E-state index contributed by atoms with van der Waals surface area (Å²) in [5, 5.41) is 33.5. The van der Waals surface area contributed by atoms with Crippen LogP contribution in [-0.2, 0) is 27.7 Å². The molecule has 0 saturated carbocycles. The lowest BCUT2D eigenvalue weighted by molar-refractivity contribution is -0.122. The average molecular weight is 573 g/mol. The molecule has 1 amide bonds. The van der Waals surface area contributed by atoms with Crippen molar-refractivity contribution >= 4 is 27.7 Å². The maximum Gasteiger partial charge on any atom is 0.243 e. The van der Waals surface area contributed by atoms with E-state index in [0.29, 0.717) is 5.56 Å². The van der Waals surface area contributed by atoms with Crippen LogP contribution >= 0.6 is 11.8 Å². The van der Waals surface area contributed by atoms with Crippen molar-refractivity contribution < 1.29 is 28.5 Å². The summed E-state index contributed by atoms with van der Waals surface area (Å²) < 4.78 is 28.4. The Morgan fingerprint density at radius 1 is 0.923 bits per heavy atom. The van der Waals surface area contributed by atoms with Crippen molar-refractivity contribution in [3.05, 3.63) is 83.9 Å². The standard InChI is InChI=1S/C29H36N2O6S2/c1-20(2)18-31(39(36,37)24-12-10-23(38-3)11-13-24)19-28(34)25(15-21-7-5-4-6-8-21)30-29(35)17-22-9-14-26(32)27(33)16-22/h4-14,16,20,25,28,32-34H,15,17-19H2,1-3H3,(H,30,35)/t25-,28+/m0/s1. The number of thioether (sulfide) groups is 1. The molecule has 0 aliphatic heterocycles. The number of carbonyl (C=O) groups is 1. The number of benzene rings is 3. The van der Waals surface area contributed by atoms with Crippen molar-refractivity contribution in [2.45, 2.75) is 48.6 Å². The van der Waals surface area contributed by atoms with Crippen LogP contribution in [0.4, 0.5) is 0 Å². The van der Waals surface area contributed by atoms with Crippen LogP contribution in [0.15, 0.2) is 82.6 Å². The largest absolute Gasteiger partial charge is 0.504 e. The van der Waals surface area contributed by atoms with Gasteiger partial charge >= 0.3 is 0 Å². The fourth-order valence-electron chi connectivity index (χ4n) is 4.18. The highest BCUT2D eigenvalue weighted by Crippen LogP contribution is 2.25. The van der Waals surface area contributed by atoms with Crippen LogP contribution in [0.5, 0.6) is 11.5 Å². The quantitative estimate of drug-likeness (QED) is 0.181. The highest BCUT2D eigenvalue weighted by molar-refractivity contribution is 7.98. The van der Waals surface area contributed by atoms with E-state index in [1.54, 1.807) is 24.3 Å². The van der Waals surface area contributed by atoms with E-state index in [-0.39, 0.29) is 48.2 Å². The number of amides is 1. The zero-order chi connectivity index (χ0) is 28.6. The molecule has 0 radical (unpaired) electrons. The molecule has 0 aliphatic carbocycles. The van der Waals surface area contributed by atoms with Crippen LogP contribution in [0, 0.1) is 5.92 Å². The van der Waals surface area contributed by atoms with Gasteiger partial charge in [-0.3, -0.25) is 4.79 Å². The van der Waals surface area contributed by atoms with E-state index in [0.717, 1.165) is 10.5 Å². The second-order valence-electron chi connectivity index (χ2n) is 9.82. The number of hydrogen-bond acceptors (Lipinski definition) is 7. The maximum absolute atomic E-state index is 13.6. The Morgan fingerprint density at radius 3 is 2.18 bits per heavy atom. The summed E-state index contributed by atoms with van der Waals surface area (Å²) in [5.41, 5.74) is 1.35. The van der Waals surface area contributed by atoms with Gasteiger partial charge in [0.05, 0.1) is 23.5 Å². The smallest absolute Gasteiger partial charge is 0.243 e. The Hall–Kier alpha value is -3.05. The van der Waals surface area contributed by atoms with Gasteiger partial charge in [0.1, 0.15) is 0 Å². The number of carbonyl (C=O) groups excluding carboxylic acids is 1. The molecule has 0 aromatic heterocycles. The molecule has 210 valence electrons. The number of rotatable bonds is 13. The first-order valence-electron chi connectivity index (χ1n) is 12.7. The molecule has 8 nitrogen and oxygen atoms in total. The first-order valence-corrected chi connectivity index (χ1v) is 15.3. The molecule has 10 heteroatoms. The number of phenols is 2. The van der Waals surface area contributed by atoms with Crippen LogP contribution in [0.25, 0.3) is 0 Å². The Kier molecular flexibility index (Phi) is 10.8. The fraction of sp³-hybridized carbons (Fsp3) is 0.345. The molecule has 0 saturated heterocycles. The number of phenolic OH excluding ortho intramolecular Hbond substituents is 2. The Bertz CT molecular complexity index is 1330. The highest BCUT2D eigenvalue weighted by atomic mass is 32.2. The molecule has 3 aromatic rings. The van der Waals surface area contributed by atoms with Crippen LogP contribution in [-0.4, -0.2) is 65.4 Å². The number of nitrogens with one attached hydrogen (secondary N) is 1. The van der Waals surface area contributed by atoms with Crippen LogP contribution < -0.4 is 5.32 Å². The highest BCUT2D eigenvalue weighted by Gasteiger charge is 2.31. The van der Waals surface area contributed by atoms with E-state index < -0.39 is 28.1 Å². The first kappa shape index (κ1) is 30.5. The minimum atomic E-state index is -3.91. The van der Waals surface area contributed by atoms with Crippen molar-refractivity contribution in [1.82, 2.24) is 9.62 Å². The van der Waals surface area contributed by atoms with Gasteiger partial charge in [0, 0.05) is 18.0 Å². The van der Waals surface area contributed by atoms with Gasteiger partial charge in [0.25, 0.3) is 0 Å². The topological polar surface area (TPSA) is 127 Å². The van der Waals surface area contributed by atoms with Crippen molar-refractivity contribution in [2.24, 2.45) is 5.92 Å². The summed E-state index contributed by atoms with van der Waals surface area (Å²) in [6, 6.07) is 19.3. The summed E-state index contributed by atoms with van der Waals surface area (Å²) in [5.74, 6) is -1.03. The van der Waals surface area contributed by atoms with Crippen LogP contribution in [0.1, 0.15) is 25.0 Å². The molecule has 0 spiro atoms. The Balaban J connectivity index is 1.84. The fourth-order valence-corrected chi connectivity index (χ4v) is 6.21. The van der Waals surface area contributed by atoms with Gasteiger partial charge in [-0.1, -0.05) is 50.2 Å². The maximum atomic E-state index is 13.6. The molecule has 0 aliphatic rings.